The van der Waals surface area contributed by atoms with Crippen molar-refractivity contribution in [3.8, 4) is 11.6 Å². The Morgan fingerprint density at radius 1 is 1.13 bits per heavy atom. The van der Waals surface area contributed by atoms with Gasteiger partial charge in [-0.3, -0.25) is 0 Å². The van der Waals surface area contributed by atoms with Crippen LogP contribution in [0.15, 0.2) is 51.1 Å². The molecule has 0 spiro atoms. The summed E-state index contributed by atoms with van der Waals surface area (Å²) in [5.41, 5.74) is 0. The molecule has 2 heterocycles. The Bertz CT molecular complexity index is 790. The summed E-state index contributed by atoms with van der Waals surface area (Å²) in [6, 6.07) is 9.20. The third kappa shape index (κ3) is 4.07. The molecule has 0 aliphatic rings. The van der Waals surface area contributed by atoms with Crippen molar-refractivity contribution in [2.75, 3.05) is 11.5 Å². The third-order valence-electron chi connectivity index (χ3n) is 3.04. The number of benzene rings is 1. The summed E-state index contributed by atoms with van der Waals surface area (Å²) in [6.45, 7) is 0. The SMILES string of the molecule is Cn1c(SCCSc2cc(Cl)ccc2Cl)nnc1-c1ccco1. The highest BCUT2D eigenvalue weighted by Gasteiger charge is 2.13. The van der Waals surface area contributed by atoms with Crippen molar-refractivity contribution in [3.05, 3.63) is 46.6 Å². The van der Waals surface area contributed by atoms with Gasteiger partial charge in [0, 0.05) is 28.5 Å². The van der Waals surface area contributed by atoms with E-state index in [1.807, 2.05) is 35.9 Å². The molecule has 4 nitrogen and oxygen atoms in total. The molecule has 3 aromatic rings. The van der Waals surface area contributed by atoms with Gasteiger partial charge >= 0.3 is 0 Å². The molecule has 0 atom stereocenters. The molecule has 0 bridgehead atoms. The minimum Gasteiger partial charge on any atom is -0.461 e. The van der Waals surface area contributed by atoms with E-state index in [0.717, 1.165) is 32.4 Å². The molecule has 0 saturated heterocycles. The normalized spacial score (nSPS) is 11.1. The van der Waals surface area contributed by atoms with Gasteiger partial charge in [-0.2, -0.15) is 0 Å². The van der Waals surface area contributed by atoms with Crippen molar-refractivity contribution in [1.82, 2.24) is 14.8 Å². The van der Waals surface area contributed by atoms with Crippen LogP contribution in [0.4, 0.5) is 0 Å². The van der Waals surface area contributed by atoms with E-state index in [1.54, 1.807) is 35.9 Å². The number of thioether (sulfide) groups is 2. The number of rotatable bonds is 6. The summed E-state index contributed by atoms with van der Waals surface area (Å²) in [7, 11) is 1.93. The van der Waals surface area contributed by atoms with Crippen molar-refractivity contribution in [2.45, 2.75) is 10.1 Å². The Balaban J connectivity index is 1.56. The van der Waals surface area contributed by atoms with Crippen LogP contribution in [-0.4, -0.2) is 26.3 Å². The molecule has 0 aliphatic heterocycles. The van der Waals surface area contributed by atoms with Gasteiger partial charge in [0.05, 0.1) is 11.3 Å². The number of nitrogens with zero attached hydrogens (tertiary/aromatic N) is 3. The molecule has 0 N–H and O–H groups in total. The molecule has 1 aromatic carbocycles. The molecule has 2 aromatic heterocycles. The topological polar surface area (TPSA) is 43.9 Å². The van der Waals surface area contributed by atoms with E-state index < -0.39 is 0 Å². The molecule has 0 saturated carbocycles. The molecular formula is C15H13Cl2N3OS2. The number of halogens is 2. The van der Waals surface area contributed by atoms with Gasteiger partial charge in [-0.05, 0) is 30.3 Å². The second-order valence-electron chi connectivity index (χ2n) is 4.61. The predicted octanol–water partition coefficient (Wildman–Crippen LogP) is 5.27. The first-order chi connectivity index (χ1) is 11.1. The summed E-state index contributed by atoms with van der Waals surface area (Å²) < 4.78 is 7.29. The van der Waals surface area contributed by atoms with Crippen molar-refractivity contribution in [1.29, 1.82) is 0 Å². The lowest BCUT2D eigenvalue weighted by atomic mass is 10.4. The molecule has 0 aliphatic carbocycles. The van der Waals surface area contributed by atoms with Gasteiger partial charge in [0.15, 0.2) is 16.7 Å². The van der Waals surface area contributed by atoms with Crippen LogP contribution in [0.1, 0.15) is 0 Å². The minimum atomic E-state index is 0.695. The highest BCUT2D eigenvalue weighted by Crippen LogP contribution is 2.31. The molecule has 120 valence electrons. The molecule has 0 fully saturated rings. The highest BCUT2D eigenvalue weighted by atomic mass is 35.5. The molecule has 23 heavy (non-hydrogen) atoms. The largest absolute Gasteiger partial charge is 0.461 e. The Morgan fingerprint density at radius 3 is 2.74 bits per heavy atom. The summed E-state index contributed by atoms with van der Waals surface area (Å²) in [6.07, 6.45) is 1.63. The molecule has 0 radical (unpaired) electrons. The van der Waals surface area contributed by atoms with Gasteiger partial charge in [0.25, 0.3) is 0 Å². The van der Waals surface area contributed by atoms with Crippen LogP contribution in [0, 0.1) is 0 Å². The lowest BCUT2D eigenvalue weighted by Gasteiger charge is -2.05. The van der Waals surface area contributed by atoms with E-state index >= 15 is 0 Å². The maximum Gasteiger partial charge on any atom is 0.200 e. The van der Waals surface area contributed by atoms with E-state index in [4.69, 9.17) is 27.6 Å². The zero-order valence-electron chi connectivity index (χ0n) is 12.2. The first-order valence-electron chi connectivity index (χ1n) is 6.79. The monoisotopic (exact) mass is 385 g/mol. The van der Waals surface area contributed by atoms with E-state index in [0.29, 0.717) is 10.8 Å². The average Bonchev–Trinajstić information content (AvgIpc) is 3.17. The highest BCUT2D eigenvalue weighted by molar-refractivity contribution is 8.02. The van der Waals surface area contributed by atoms with Crippen LogP contribution in [-0.2, 0) is 7.05 Å². The Hall–Kier alpha value is -1.08. The first-order valence-corrected chi connectivity index (χ1v) is 9.52. The van der Waals surface area contributed by atoms with Crippen molar-refractivity contribution in [3.63, 3.8) is 0 Å². The molecule has 0 amide bonds. The Kier molecular flexibility index (Phi) is 5.58. The van der Waals surface area contributed by atoms with Crippen LogP contribution in [0.2, 0.25) is 10.0 Å². The Morgan fingerprint density at radius 2 is 1.96 bits per heavy atom. The predicted molar refractivity (Wildman–Crippen MR) is 96.6 cm³/mol. The molecule has 8 heteroatoms. The van der Waals surface area contributed by atoms with E-state index in [-0.39, 0.29) is 0 Å². The minimum absolute atomic E-state index is 0.695. The van der Waals surface area contributed by atoms with Gasteiger partial charge in [0.2, 0.25) is 0 Å². The first kappa shape index (κ1) is 16.8. The lowest BCUT2D eigenvalue weighted by Crippen LogP contribution is -1.95. The summed E-state index contributed by atoms with van der Waals surface area (Å²) in [4.78, 5) is 0.994. The van der Waals surface area contributed by atoms with E-state index in [1.165, 1.54) is 0 Å². The van der Waals surface area contributed by atoms with Crippen LogP contribution >= 0.6 is 46.7 Å². The fourth-order valence-corrected chi connectivity index (χ4v) is 4.32. The second kappa shape index (κ2) is 7.66. The van der Waals surface area contributed by atoms with Gasteiger partial charge in [0.1, 0.15) is 0 Å². The lowest BCUT2D eigenvalue weighted by molar-refractivity contribution is 0.572. The van der Waals surface area contributed by atoms with Gasteiger partial charge in [-0.25, -0.2) is 0 Å². The van der Waals surface area contributed by atoms with Crippen molar-refractivity contribution >= 4 is 46.7 Å². The Labute approximate surface area is 152 Å². The number of hydrogen-bond acceptors (Lipinski definition) is 5. The summed E-state index contributed by atoms with van der Waals surface area (Å²) >= 11 is 15.5. The quantitative estimate of drug-likeness (QED) is 0.427. The number of aromatic nitrogens is 3. The second-order valence-corrected chi connectivity index (χ2v) is 7.66. The molecular weight excluding hydrogens is 373 g/mol. The van der Waals surface area contributed by atoms with Gasteiger partial charge in [-0.15, -0.1) is 22.0 Å². The number of hydrogen-bond donors (Lipinski definition) is 0. The van der Waals surface area contributed by atoms with Crippen LogP contribution in [0.3, 0.4) is 0 Å². The summed E-state index contributed by atoms with van der Waals surface area (Å²) in [5, 5.41) is 10.7. The van der Waals surface area contributed by atoms with Crippen LogP contribution in [0.5, 0.6) is 0 Å². The zero-order valence-corrected chi connectivity index (χ0v) is 15.3. The van der Waals surface area contributed by atoms with Crippen molar-refractivity contribution in [2.24, 2.45) is 7.05 Å². The van der Waals surface area contributed by atoms with Crippen LogP contribution in [0.25, 0.3) is 11.6 Å². The average molecular weight is 386 g/mol. The molecule has 0 unspecified atom stereocenters. The summed E-state index contributed by atoms with van der Waals surface area (Å²) in [5.74, 6) is 3.22. The third-order valence-corrected chi connectivity index (χ3v) is 6.06. The maximum atomic E-state index is 6.15. The van der Waals surface area contributed by atoms with Gasteiger partial charge in [-0.1, -0.05) is 35.0 Å². The fourth-order valence-electron chi connectivity index (χ4n) is 1.93. The van der Waals surface area contributed by atoms with E-state index in [2.05, 4.69) is 10.2 Å². The number of furan rings is 1. The van der Waals surface area contributed by atoms with Gasteiger partial charge < -0.3 is 8.98 Å². The van der Waals surface area contributed by atoms with Crippen molar-refractivity contribution < 1.29 is 4.42 Å². The van der Waals surface area contributed by atoms with Crippen LogP contribution < -0.4 is 0 Å². The molecule has 3 rings (SSSR count). The fraction of sp³-hybridized carbons (Fsp3) is 0.200. The standard InChI is InChI=1S/C15H13Cl2N3OS2/c1-20-14(12-3-2-6-21-12)18-19-15(20)23-8-7-22-13-9-10(16)4-5-11(13)17/h2-6,9H,7-8H2,1H3. The smallest absolute Gasteiger partial charge is 0.200 e. The maximum absolute atomic E-state index is 6.15. The zero-order chi connectivity index (χ0) is 16.2. The van der Waals surface area contributed by atoms with E-state index in [9.17, 15) is 0 Å².